The van der Waals surface area contributed by atoms with E-state index in [0.29, 0.717) is 0 Å². The maximum absolute atomic E-state index is 6.98. The molecule has 10 aromatic rings. The fourth-order valence-electron chi connectivity index (χ4n) is 9.21. The summed E-state index contributed by atoms with van der Waals surface area (Å²) in [5, 5.41) is 4.75. The van der Waals surface area contributed by atoms with Crippen molar-refractivity contribution in [2.45, 2.75) is 0 Å². The molecule has 0 saturated heterocycles. The van der Waals surface area contributed by atoms with Crippen molar-refractivity contribution >= 4 is 112 Å². The molecule has 10 rings (SSSR count). The predicted molar refractivity (Wildman–Crippen MR) is 268 cm³/mol. The van der Waals surface area contributed by atoms with E-state index in [1.807, 2.05) is 12.3 Å². The van der Waals surface area contributed by atoms with Crippen LogP contribution in [-0.4, -0.2) is 57.0 Å². The maximum atomic E-state index is 6.98. The third kappa shape index (κ3) is 5.99. The molecule has 0 bridgehead atoms. The molecule has 0 aliphatic rings. The summed E-state index contributed by atoms with van der Waals surface area (Å²) in [5.74, 6) is 1.73. The van der Waals surface area contributed by atoms with E-state index in [1.165, 1.54) is 60.2 Å². The van der Waals surface area contributed by atoms with Crippen LogP contribution in [0.15, 0.2) is 162 Å². The average Bonchev–Trinajstić information content (AvgIpc) is 3.70. The van der Waals surface area contributed by atoms with Crippen LogP contribution in [0.2, 0.25) is 0 Å². The fraction of sp³-hybridized carbons (Fsp3) is 0. The number of fused-ring (bicyclic) bond motifs is 4. The molecule has 59 heavy (non-hydrogen) atoms. The molecule has 0 unspecified atom stereocenters. The first-order valence-electron chi connectivity index (χ1n) is 20.4. The summed E-state index contributed by atoms with van der Waals surface area (Å²) >= 11 is 0. The number of hydrogen-bond donors (Lipinski definition) is 0. The third-order valence-electron chi connectivity index (χ3n) is 12.7. The Balaban J connectivity index is 1.21. The quantitative estimate of drug-likeness (QED) is 0.194. The molecule has 0 fully saturated rings. The molecule has 0 N–H and O–H groups in total. The van der Waals surface area contributed by atoms with Crippen molar-refractivity contribution in [3.63, 3.8) is 0 Å². The second-order valence-corrected chi connectivity index (χ2v) is 15.8. The van der Waals surface area contributed by atoms with Gasteiger partial charge in [-0.15, -0.1) is 10.9 Å². The lowest BCUT2D eigenvalue weighted by Gasteiger charge is -2.26. The summed E-state index contributed by atoms with van der Waals surface area (Å²) in [6, 6.07) is 53.6. The zero-order valence-corrected chi connectivity index (χ0v) is 34.3. The lowest BCUT2D eigenvalue weighted by atomic mass is 9.60. The Labute approximate surface area is 350 Å². The summed E-state index contributed by atoms with van der Waals surface area (Å²) in [4.78, 5) is 10.2. The van der Waals surface area contributed by atoms with Gasteiger partial charge >= 0.3 is 0 Å². The van der Waals surface area contributed by atoms with E-state index in [2.05, 4.69) is 193 Å². The zero-order chi connectivity index (χ0) is 40.4. The van der Waals surface area contributed by atoms with E-state index < -0.39 is 0 Å². The Kier molecular flexibility index (Phi) is 9.06. The summed E-state index contributed by atoms with van der Waals surface area (Å²) in [6.45, 7) is 0. The molecule has 272 valence electrons. The molecule has 0 aliphatic heterocycles. The van der Waals surface area contributed by atoms with Gasteiger partial charge in [0.05, 0.1) is 16.7 Å². The second-order valence-electron chi connectivity index (χ2n) is 15.8. The molecule has 0 spiro atoms. The molecule has 3 aromatic heterocycles. The number of pyridine rings is 2. The van der Waals surface area contributed by atoms with Gasteiger partial charge in [0.2, 0.25) is 0 Å². The first kappa shape index (κ1) is 36.6. The smallest absolute Gasteiger partial charge is 0.143 e. The van der Waals surface area contributed by atoms with Crippen LogP contribution < -0.4 is 32.8 Å². The SMILES string of the molecule is Bc1c(B)c(B)c2c(-c3ccc4ccc5cccnc5c4n3)c(B)c(B)c(-c3ccc(-c4c(-c5ccccc5)oc(-c5ccccc5)c4-c4ccccc4)cc3)c2c1B. The first-order valence-corrected chi connectivity index (χ1v) is 20.4. The van der Waals surface area contributed by atoms with E-state index in [1.54, 1.807) is 0 Å². The van der Waals surface area contributed by atoms with Crippen LogP contribution >= 0.6 is 0 Å². The van der Waals surface area contributed by atoms with Gasteiger partial charge < -0.3 is 4.42 Å². The van der Waals surface area contributed by atoms with Crippen LogP contribution in [0.1, 0.15) is 0 Å². The van der Waals surface area contributed by atoms with Crippen molar-refractivity contribution in [3.8, 4) is 67.3 Å². The minimum atomic E-state index is 0.862. The largest absolute Gasteiger partial charge is 0.455 e. The van der Waals surface area contributed by atoms with E-state index in [0.717, 1.165) is 72.4 Å². The van der Waals surface area contributed by atoms with Gasteiger partial charge in [-0.1, -0.05) is 161 Å². The Morgan fingerprint density at radius 2 is 0.780 bits per heavy atom. The Morgan fingerprint density at radius 3 is 1.34 bits per heavy atom. The summed E-state index contributed by atoms with van der Waals surface area (Å²) in [6.07, 6.45) is 1.86. The highest BCUT2D eigenvalue weighted by Gasteiger charge is 2.26. The van der Waals surface area contributed by atoms with Gasteiger partial charge in [0.1, 0.15) is 58.6 Å². The molecule has 0 saturated carbocycles. The lowest BCUT2D eigenvalue weighted by Crippen LogP contribution is -2.49. The van der Waals surface area contributed by atoms with E-state index in [4.69, 9.17) is 14.4 Å². The lowest BCUT2D eigenvalue weighted by molar-refractivity contribution is 0.599. The van der Waals surface area contributed by atoms with Crippen LogP contribution in [0.4, 0.5) is 0 Å². The van der Waals surface area contributed by atoms with Gasteiger partial charge in [-0.25, -0.2) is 4.98 Å². The van der Waals surface area contributed by atoms with Crippen LogP contribution in [0.5, 0.6) is 0 Å². The van der Waals surface area contributed by atoms with Gasteiger partial charge in [-0.05, 0) is 45.2 Å². The predicted octanol–water partition coefficient (Wildman–Crippen LogP) is 3.08. The number of rotatable bonds is 6. The molecule has 0 atom stereocenters. The summed E-state index contributed by atoms with van der Waals surface area (Å²) in [5.41, 5.74) is 20.7. The average molecular weight is 748 g/mol. The molecule has 0 aliphatic carbocycles. The van der Waals surface area contributed by atoms with Crippen LogP contribution in [-0.2, 0) is 0 Å². The molecule has 3 heterocycles. The number of aromatic nitrogens is 2. The van der Waals surface area contributed by atoms with Crippen LogP contribution in [0.25, 0.3) is 99.9 Å². The van der Waals surface area contributed by atoms with Gasteiger partial charge in [0.15, 0.2) is 0 Å². The highest BCUT2D eigenvalue weighted by Crippen LogP contribution is 2.48. The Morgan fingerprint density at radius 1 is 0.339 bits per heavy atom. The normalized spacial score (nSPS) is 11.5. The fourth-order valence-corrected chi connectivity index (χ4v) is 9.21. The first-order chi connectivity index (χ1) is 28.8. The van der Waals surface area contributed by atoms with Crippen LogP contribution in [0.3, 0.4) is 0 Å². The second kappa shape index (κ2) is 14.6. The monoisotopic (exact) mass is 748 g/mol. The summed E-state index contributed by atoms with van der Waals surface area (Å²) in [7, 11) is 13.7. The Hall–Kier alpha value is -6.71. The number of furan rings is 1. The molecule has 0 radical (unpaired) electrons. The van der Waals surface area contributed by atoms with E-state index in [-0.39, 0.29) is 0 Å². The van der Waals surface area contributed by atoms with Crippen molar-refractivity contribution < 1.29 is 4.42 Å². The van der Waals surface area contributed by atoms with Crippen molar-refractivity contribution in [1.29, 1.82) is 0 Å². The van der Waals surface area contributed by atoms with Gasteiger partial charge in [0.25, 0.3) is 0 Å². The highest BCUT2D eigenvalue weighted by molar-refractivity contribution is 6.69. The molecule has 0 amide bonds. The van der Waals surface area contributed by atoms with Crippen molar-refractivity contribution in [1.82, 2.24) is 9.97 Å². The summed E-state index contributed by atoms with van der Waals surface area (Å²) < 4.78 is 6.98. The zero-order valence-electron chi connectivity index (χ0n) is 34.3. The maximum Gasteiger partial charge on any atom is 0.143 e. The third-order valence-corrected chi connectivity index (χ3v) is 12.7. The van der Waals surface area contributed by atoms with Crippen molar-refractivity contribution in [3.05, 3.63) is 158 Å². The van der Waals surface area contributed by atoms with Gasteiger partial charge in [-0.3, -0.25) is 4.98 Å². The Bertz CT molecular complexity index is 3260. The van der Waals surface area contributed by atoms with Crippen molar-refractivity contribution in [2.75, 3.05) is 0 Å². The van der Waals surface area contributed by atoms with Gasteiger partial charge in [-0.2, -0.15) is 0 Å². The standard InChI is InChI=1S/C50H38B6N2O/c51-41-35(39-40(44(54)46(56)45(55)43(39)53)38(42(41)52)34-25-24-31-23-22-30-17-10-26-57-47(30)48(31)58-34)28-18-20-29(21-19-28)37-36(27-11-4-1-5-12-27)49(32-13-6-2-7-14-32)59-50(37)33-15-8-3-9-16-33/h1-26H,51-56H2. The molecule has 3 nitrogen and oxygen atoms in total. The van der Waals surface area contributed by atoms with E-state index >= 15 is 0 Å². The van der Waals surface area contributed by atoms with Crippen molar-refractivity contribution in [2.24, 2.45) is 0 Å². The van der Waals surface area contributed by atoms with E-state index in [9.17, 15) is 0 Å². The molecular formula is C50H38B6N2O. The number of benzene rings is 7. The number of nitrogens with zero attached hydrogens (tertiary/aromatic N) is 2. The number of hydrogen-bond acceptors (Lipinski definition) is 3. The molecule has 7 aromatic carbocycles. The topological polar surface area (TPSA) is 38.9 Å². The molecule has 9 heteroatoms. The molecular weight excluding hydrogens is 709 g/mol. The van der Waals surface area contributed by atoms with Gasteiger partial charge in [0, 0.05) is 44.8 Å². The minimum absolute atomic E-state index is 0.862. The highest BCUT2D eigenvalue weighted by atomic mass is 16.3. The van der Waals surface area contributed by atoms with Crippen LogP contribution in [0, 0.1) is 0 Å². The minimum Gasteiger partial charge on any atom is -0.455 e.